The monoisotopic (exact) mass is 629 g/mol. The van der Waals surface area contributed by atoms with Crippen LogP contribution in [0.25, 0.3) is 21.0 Å². The van der Waals surface area contributed by atoms with E-state index in [1.807, 2.05) is 41.9 Å². The van der Waals surface area contributed by atoms with E-state index < -0.39 is 0 Å². The van der Waals surface area contributed by atoms with Gasteiger partial charge in [-0.1, -0.05) is 77.6 Å². The average molecular weight is 630 g/mol. The molecule has 210 valence electrons. The van der Waals surface area contributed by atoms with Crippen LogP contribution in [0.4, 0.5) is 5.69 Å². The molecule has 1 N–H and O–H groups in total. The Morgan fingerprint density at radius 3 is 2.60 bits per heavy atom. The zero-order chi connectivity index (χ0) is 29.1. The van der Waals surface area contributed by atoms with Crippen LogP contribution in [0.1, 0.15) is 21.7 Å². The largest absolute Gasteiger partial charge is 0.325 e. The highest BCUT2D eigenvalue weighted by Crippen LogP contribution is 2.32. The second-order valence-electron chi connectivity index (χ2n) is 9.49. The number of rotatable bonds is 10. The van der Waals surface area contributed by atoms with Gasteiger partial charge in [0.15, 0.2) is 15.3 Å². The van der Waals surface area contributed by atoms with E-state index in [0.29, 0.717) is 27.9 Å². The molecule has 0 aliphatic rings. The Kier molecular flexibility index (Phi) is 8.57. The van der Waals surface area contributed by atoms with Crippen LogP contribution in [0.5, 0.6) is 0 Å². The predicted molar refractivity (Wildman–Crippen MR) is 173 cm³/mol. The van der Waals surface area contributed by atoms with Gasteiger partial charge in [0.25, 0.3) is 0 Å². The molecule has 2 heterocycles. The summed E-state index contributed by atoms with van der Waals surface area (Å²) >= 11 is 10.2. The molecule has 0 atom stereocenters. The highest BCUT2D eigenvalue weighted by molar-refractivity contribution is 8.01. The van der Waals surface area contributed by atoms with Gasteiger partial charge in [-0.15, -0.1) is 21.5 Å². The van der Waals surface area contributed by atoms with Crippen molar-refractivity contribution < 1.29 is 9.59 Å². The van der Waals surface area contributed by atoms with Crippen LogP contribution in [0.3, 0.4) is 0 Å². The number of thiazole rings is 1. The predicted octanol–water partition coefficient (Wildman–Crippen LogP) is 7.53. The van der Waals surface area contributed by atoms with E-state index >= 15 is 0 Å². The first kappa shape index (κ1) is 28.4. The smallest absolute Gasteiger partial charge is 0.234 e. The van der Waals surface area contributed by atoms with E-state index in [4.69, 9.17) is 11.6 Å². The third kappa shape index (κ3) is 6.52. The van der Waals surface area contributed by atoms with Gasteiger partial charge < -0.3 is 9.88 Å². The molecule has 11 heteroatoms. The summed E-state index contributed by atoms with van der Waals surface area (Å²) in [6.45, 7) is 0. The van der Waals surface area contributed by atoms with E-state index in [9.17, 15) is 9.59 Å². The minimum absolute atomic E-state index is 0.0185. The van der Waals surface area contributed by atoms with Crippen molar-refractivity contribution in [3.8, 4) is 0 Å². The number of halogens is 1. The lowest BCUT2D eigenvalue weighted by Gasteiger charge is -2.07. The number of Topliss-reactive ketones (excluding diaryl/α,β-unsaturated/α-hetero) is 1. The van der Waals surface area contributed by atoms with E-state index in [1.54, 1.807) is 24.3 Å². The minimum Gasteiger partial charge on any atom is -0.325 e. The van der Waals surface area contributed by atoms with Gasteiger partial charge >= 0.3 is 0 Å². The van der Waals surface area contributed by atoms with Gasteiger partial charge in [0.1, 0.15) is 5.82 Å². The Morgan fingerprint density at radius 2 is 1.74 bits per heavy atom. The summed E-state index contributed by atoms with van der Waals surface area (Å²) in [5.74, 6) is 1.21. The topological polar surface area (TPSA) is 89.8 Å². The molecule has 0 unspecified atom stereocenters. The van der Waals surface area contributed by atoms with E-state index in [-0.39, 0.29) is 23.2 Å². The van der Waals surface area contributed by atoms with Gasteiger partial charge in [-0.3, -0.25) is 9.59 Å². The van der Waals surface area contributed by atoms with Gasteiger partial charge in [-0.2, -0.15) is 0 Å². The maximum atomic E-state index is 12.8. The number of nitrogens with zero attached hydrogens (tertiary/aromatic N) is 4. The Morgan fingerprint density at radius 1 is 0.929 bits per heavy atom. The molecule has 6 aromatic rings. The normalized spacial score (nSPS) is 11.3. The summed E-state index contributed by atoms with van der Waals surface area (Å²) in [6, 6.07) is 27.1. The van der Waals surface area contributed by atoms with Gasteiger partial charge in [-0.25, -0.2) is 4.98 Å². The number of carbonyl (C=O) groups excluding carboxylic acids is 2. The van der Waals surface area contributed by atoms with Crippen molar-refractivity contribution in [2.75, 3.05) is 16.8 Å². The van der Waals surface area contributed by atoms with Gasteiger partial charge in [0.05, 0.1) is 21.7 Å². The lowest BCUT2D eigenvalue weighted by atomic mass is 10.0. The highest BCUT2D eigenvalue weighted by atomic mass is 35.5. The number of nitrogens with one attached hydrogen (secondary N) is 1. The second-order valence-corrected chi connectivity index (χ2v) is 13.1. The number of benzene rings is 4. The molecule has 42 heavy (non-hydrogen) atoms. The fourth-order valence-corrected chi connectivity index (χ4v) is 7.32. The van der Waals surface area contributed by atoms with Crippen molar-refractivity contribution in [1.29, 1.82) is 0 Å². The second kappa shape index (κ2) is 12.7. The summed E-state index contributed by atoms with van der Waals surface area (Å²) in [4.78, 5) is 29.9. The van der Waals surface area contributed by atoms with Crippen LogP contribution in [0.2, 0.25) is 5.02 Å². The zero-order valence-corrected chi connectivity index (χ0v) is 25.6. The third-order valence-electron chi connectivity index (χ3n) is 6.63. The number of fused-ring (bicyclic) bond motifs is 2. The quantitative estimate of drug-likeness (QED) is 0.124. The zero-order valence-electron chi connectivity index (χ0n) is 22.4. The summed E-state index contributed by atoms with van der Waals surface area (Å²) in [5.41, 5.74) is 3.33. The van der Waals surface area contributed by atoms with E-state index in [2.05, 4.69) is 50.8 Å². The molecule has 0 fully saturated rings. The molecule has 4 aromatic carbocycles. The van der Waals surface area contributed by atoms with Crippen LogP contribution in [-0.2, 0) is 18.3 Å². The first-order valence-corrected chi connectivity index (χ1v) is 16.2. The lowest BCUT2D eigenvalue weighted by molar-refractivity contribution is -0.113. The van der Waals surface area contributed by atoms with Crippen LogP contribution in [-0.4, -0.2) is 42.9 Å². The molecule has 1 amide bonds. The number of ketones is 1. The van der Waals surface area contributed by atoms with E-state index in [1.165, 1.54) is 51.2 Å². The summed E-state index contributed by atoms with van der Waals surface area (Å²) in [6.07, 6.45) is 0.655. The van der Waals surface area contributed by atoms with Crippen LogP contribution in [0, 0.1) is 0 Å². The van der Waals surface area contributed by atoms with Crippen LogP contribution >= 0.6 is 46.5 Å². The Labute approximate surface area is 259 Å². The third-order valence-corrected chi connectivity index (χ3v) is 10.1. The Hall–Kier alpha value is -3.70. The molecule has 0 radical (unpaired) electrons. The molecule has 6 rings (SSSR count). The fraction of sp³-hybridized carbons (Fsp3) is 0.129. The maximum Gasteiger partial charge on any atom is 0.234 e. The van der Waals surface area contributed by atoms with Crippen molar-refractivity contribution in [1.82, 2.24) is 19.7 Å². The fourth-order valence-electron chi connectivity index (χ4n) is 4.46. The first-order chi connectivity index (χ1) is 20.4. The van der Waals surface area contributed by atoms with Crippen LogP contribution in [0.15, 0.2) is 94.4 Å². The Balaban J connectivity index is 1.04. The average Bonchev–Trinajstić information content (AvgIpc) is 3.57. The number of carbonyl (C=O) groups is 2. The maximum absolute atomic E-state index is 12.8. The van der Waals surface area contributed by atoms with Gasteiger partial charge in [0.2, 0.25) is 5.91 Å². The van der Waals surface area contributed by atoms with E-state index in [0.717, 1.165) is 20.4 Å². The van der Waals surface area contributed by atoms with Crippen molar-refractivity contribution in [2.45, 2.75) is 15.9 Å². The highest BCUT2D eigenvalue weighted by Gasteiger charge is 2.15. The van der Waals surface area contributed by atoms with Gasteiger partial charge in [-0.05, 0) is 58.8 Å². The molecule has 0 saturated heterocycles. The number of hydrogen-bond donors (Lipinski definition) is 1. The molecule has 0 bridgehead atoms. The van der Waals surface area contributed by atoms with Crippen molar-refractivity contribution in [3.63, 3.8) is 0 Å². The Bertz CT molecular complexity index is 1910. The molecule has 0 saturated carbocycles. The molecular weight excluding hydrogens is 606 g/mol. The number of anilines is 1. The molecule has 7 nitrogen and oxygen atoms in total. The lowest BCUT2D eigenvalue weighted by Crippen LogP contribution is -2.14. The number of thioether (sulfide) groups is 2. The molecule has 2 aromatic heterocycles. The molecule has 0 aliphatic carbocycles. The SMILES string of the molecule is Cn1c(Cc2cccc3ccccc23)nnc1SCC(=O)Nc1ccc2nc(SCC(=O)c3ccc(Cl)cc3)sc2c1. The molecule has 0 spiro atoms. The van der Waals surface area contributed by atoms with Gasteiger partial charge in [0, 0.05) is 29.7 Å². The summed E-state index contributed by atoms with van der Waals surface area (Å²) < 4.78 is 3.68. The van der Waals surface area contributed by atoms with Crippen molar-refractivity contribution in [2.24, 2.45) is 7.05 Å². The summed E-state index contributed by atoms with van der Waals surface area (Å²) in [5, 5.41) is 15.4. The first-order valence-electron chi connectivity index (χ1n) is 13.0. The van der Waals surface area contributed by atoms with Crippen molar-refractivity contribution in [3.05, 3.63) is 107 Å². The summed E-state index contributed by atoms with van der Waals surface area (Å²) in [7, 11) is 1.93. The molecule has 0 aliphatic heterocycles. The standard InChI is InChI=1S/C31H24ClN5O2S3/c1-37-28(15-21-7-4-6-19-5-2-3-8-24(19)21)35-36-30(37)40-18-29(39)33-23-13-14-25-27(16-23)42-31(34-25)41-17-26(38)20-9-11-22(32)12-10-20/h2-14,16H,15,17-18H2,1H3,(H,33,39). The molecular formula is C31H24ClN5O2S3. The van der Waals surface area contributed by atoms with Crippen LogP contribution < -0.4 is 5.32 Å². The number of aromatic nitrogens is 4. The number of amides is 1. The van der Waals surface area contributed by atoms with Crippen molar-refractivity contribution >= 4 is 84.8 Å². The number of hydrogen-bond acceptors (Lipinski definition) is 8. The minimum atomic E-state index is -0.134.